The number of rotatable bonds is 14. The molecular weight excluding hydrogens is 582 g/mol. The smallest absolute Gasteiger partial charge is 0.257 e. The summed E-state index contributed by atoms with van der Waals surface area (Å²) in [6, 6.07) is 14.7. The van der Waals surface area contributed by atoms with Crippen LogP contribution in [0.5, 0.6) is 0 Å². The van der Waals surface area contributed by atoms with Gasteiger partial charge in [0.1, 0.15) is 0 Å². The van der Waals surface area contributed by atoms with Gasteiger partial charge in [-0.3, -0.25) is 29.0 Å². The Kier molecular flexibility index (Phi) is 11.6. The number of nitrogens with one attached hydrogen (secondary N) is 3. The minimum Gasteiger partial charge on any atom is -0.354 e. The molecule has 0 bridgehead atoms. The molecule has 5 rings (SSSR count). The van der Waals surface area contributed by atoms with Gasteiger partial charge in [0.05, 0.1) is 41.2 Å². The molecule has 2 aromatic carbocycles. The molecule has 0 saturated carbocycles. The third-order valence-electron chi connectivity index (χ3n) is 8.76. The van der Waals surface area contributed by atoms with Crippen LogP contribution in [-0.2, 0) is 27.3 Å². The zero-order valence-electron chi connectivity index (χ0n) is 26.7. The van der Waals surface area contributed by atoms with Crippen molar-refractivity contribution in [2.75, 3.05) is 42.9 Å². The van der Waals surface area contributed by atoms with Crippen molar-refractivity contribution in [2.45, 2.75) is 64.8 Å². The molecule has 244 valence electrons. The number of imidazole rings is 1. The molecule has 3 heterocycles. The second kappa shape index (κ2) is 16.2. The predicted molar refractivity (Wildman–Crippen MR) is 178 cm³/mol. The van der Waals surface area contributed by atoms with Crippen LogP contribution >= 0.6 is 0 Å². The molecule has 4 amide bonds. The standard InChI is InChI=1S/C35H45N7O4/c1-2-32(43)36-18-19-37-33(44)15-14-27-23-41(25-38-27)20-8-7-9-26-16-21-40(22-17-26)24-34(45)42-30-12-5-3-10-28(30)35(46)39-29-11-4-6-13-31(29)42/h3-6,10-13,23,25-26H,2,7-9,14-22,24H2,1H3,(H,36,43)(H,37,44)(H,39,46). The molecule has 0 aliphatic carbocycles. The first-order chi connectivity index (χ1) is 22.4. The van der Waals surface area contributed by atoms with Gasteiger partial charge >= 0.3 is 0 Å². The number of amides is 4. The molecule has 11 nitrogen and oxygen atoms in total. The van der Waals surface area contributed by atoms with Crippen molar-refractivity contribution in [3.8, 4) is 0 Å². The first-order valence-corrected chi connectivity index (χ1v) is 16.5. The van der Waals surface area contributed by atoms with E-state index in [0.717, 1.165) is 51.0 Å². The van der Waals surface area contributed by atoms with Crippen molar-refractivity contribution in [1.82, 2.24) is 25.1 Å². The van der Waals surface area contributed by atoms with E-state index < -0.39 is 0 Å². The van der Waals surface area contributed by atoms with Crippen LogP contribution in [0.2, 0.25) is 0 Å². The summed E-state index contributed by atoms with van der Waals surface area (Å²) in [5, 5.41) is 8.52. The fourth-order valence-corrected chi connectivity index (χ4v) is 6.16. The fourth-order valence-electron chi connectivity index (χ4n) is 6.16. The van der Waals surface area contributed by atoms with Crippen LogP contribution in [-0.4, -0.2) is 70.8 Å². The highest BCUT2D eigenvalue weighted by Gasteiger charge is 2.30. The lowest BCUT2D eigenvalue weighted by atomic mass is 9.91. The van der Waals surface area contributed by atoms with Gasteiger partial charge in [-0.1, -0.05) is 44.0 Å². The van der Waals surface area contributed by atoms with Crippen LogP contribution < -0.4 is 20.9 Å². The first kappa shape index (κ1) is 32.9. The maximum absolute atomic E-state index is 13.7. The molecule has 3 aromatic rings. The molecule has 3 N–H and O–H groups in total. The van der Waals surface area contributed by atoms with Crippen molar-refractivity contribution < 1.29 is 19.2 Å². The molecular formula is C35H45N7O4. The fraction of sp³-hybridized carbons (Fsp3) is 0.457. The number of carbonyl (C=O) groups excluding carboxylic acids is 4. The largest absolute Gasteiger partial charge is 0.354 e. The molecule has 1 saturated heterocycles. The number of aryl methyl sites for hydroxylation is 2. The van der Waals surface area contributed by atoms with E-state index in [1.807, 2.05) is 55.0 Å². The average molecular weight is 628 g/mol. The van der Waals surface area contributed by atoms with E-state index in [-0.39, 0.29) is 23.6 Å². The van der Waals surface area contributed by atoms with Crippen molar-refractivity contribution in [2.24, 2.45) is 5.92 Å². The summed E-state index contributed by atoms with van der Waals surface area (Å²) in [6.07, 6.45) is 10.8. The topological polar surface area (TPSA) is 129 Å². The monoisotopic (exact) mass is 627 g/mol. The van der Waals surface area contributed by atoms with E-state index in [0.29, 0.717) is 67.4 Å². The Morgan fingerprint density at radius 1 is 0.935 bits per heavy atom. The van der Waals surface area contributed by atoms with Crippen molar-refractivity contribution >= 4 is 40.7 Å². The minimum absolute atomic E-state index is 0.0183. The van der Waals surface area contributed by atoms with Crippen LogP contribution in [0.3, 0.4) is 0 Å². The number of anilines is 3. The maximum atomic E-state index is 13.7. The minimum atomic E-state index is -0.209. The Morgan fingerprint density at radius 2 is 1.65 bits per heavy atom. The Bertz CT molecular complexity index is 1510. The number of nitrogens with zero attached hydrogens (tertiary/aromatic N) is 4. The van der Waals surface area contributed by atoms with Gasteiger partial charge in [0.25, 0.3) is 5.91 Å². The highest BCUT2D eigenvalue weighted by Crippen LogP contribution is 2.38. The SMILES string of the molecule is CCC(=O)NCCNC(=O)CCc1cn(CCCCC2CCN(CC(=O)N3c4ccccc4NC(=O)c4ccccc43)CC2)cn1. The molecule has 1 aromatic heterocycles. The Balaban J connectivity index is 1.00. The number of para-hydroxylation sites is 3. The van der Waals surface area contributed by atoms with Gasteiger partial charge in [-0.15, -0.1) is 0 Å². The third-order valence-corrected chi connectivity index (χ3v) is 8.76. The molecule has 0 spiro atoms. The van der Waals surface area contributed by atoms with Gasteiger partial charge in [-0.25, -0.2) is 4.98 Å². The second-order valence-electron chi connectivity index (χ2n) is 12.1. The summed E-state index contributed by atoms with van der Waals surface area (Å²) in [5.41, 5.74) is 3.35. The number of hydrogen-bond donors (Lipinski definition) is 3. The summed E-state index contributed by atoms with van der Waals surface area (Å²) in [5.74, 6) is 0.352. The van der Waals surface area contributed by atoms with Crippen molar-refractivity contribution in [3.63, 3.8) is 0 Å². The molecule has 2 aliphatic rings. The molecule has 2 aliphatic heterocycles. The van der Waals surface area contributed by atoms with E-state index in [4.69, 9.17) is 0 Å². The zero-order valence-corrected chi connectivity index (χ0v) is 26.7. The third kappa shape index (κ3) is 8.81. The lowest BCUT2D eigenvalue weighted by Crippen LogP contribution is -2.42. The van der Waals surface area contributed by atoms with Crippen LogP contribution in [0, 0.1) is 5.92 Å². The van der Waals surface area contributed by atoms with Gasteiger partial charge in [-0.05, 0) is 69.0 Å². The Hall–Kier alpha value is -4.51. The normalized spacial score (nSPS) is 15.0. The van der Waals surface area contributed by atoms with E-state index in [2.05, 4.69) is 30.4 Å². The number of piperidine rings is 1. The number of carbonyl (C=O) groups is 4. The summed E-state index contributed by atoms with van der Waals surface area (Å²) < 4.78 is 2.10. The summed E-state index contributed by atoms with van der Waals surface area (Å²) in [4.78, 5) is 58.3. The van der Waals surface area contributed by atoms with Crippen molar-refractivity contribution in [1.29, 1.82) is 0 Å². The van der Waals surface area contributed by atoms with Crippen LogP contribution in [0.4, 0.5) is 17.1 Å². The number of fused-ring (bicyclic) bond motifs is 2. The highest BCUT2D eigenvalue weighted by atomic mass is 16.2. The van der Waals surface area contributed by atoms with Gasteiger partial charge in [0.15, 0.2) is 0 Å². The maximum Gasteiger partial charge on any atom is 0.257 e. The van der Waals surface area contributed by atoms with Gasteiger partial charge in [0.2, 0.25) is 17.7 Å². The van der Waals surface area contributed by atoms with E-state index in [1.54, 1.807) is 17.9 Å². The number of unbranched alkanes of at least 4 members (excludes halogenated alkanes) is 1. The average Bonchev–Trinajstić information content (AvgIpc) is 3.48. The molecule has 0 unspecified atom stereocenters. The van der Waals surface area contributed by atoms with E-state index in [1.165, 1.54) is 6.42 Å². The quantitative estimate of drug-likeness (QED) is 0.229. The van der Waals surface area contributed by atoms with Crippen molar-refractivity contribution in [3.05, 3.63) is 72.3 Å². The summed E-state index contributed by atoms with van der Waals surface area (Å²) >= 11 is 0. The molecule has 46 heavy (non-hydrogen) atoms. The van der Waals surface area contributed by atoms with Crippen LogP contribution in [0.15, 0.2) is 61.1 Å². The predicted octanol–water partition coefficient (Wildman–Crippen LogP) is 4.27. The van der Waals surface area contributed by atoms with E-state index >= 15 is 0 Å². The molecule has 0 atom stereocenters. The molecule has 11 heteroatoms. The second-order valence-corrected chi connectivity index (χ2v) is 12.1. The number of aromatic nitrogens is 2. The van der Waals surface area contributed by atoms with E-state index in [9.17, 15) is 19.2 Å². The number of benzene rings is 2. The lowest BCUT2D eigenvalue weighted by Gasteiger charge is -2.33. The Morgan fingerprint density at radius 3 is 2.43 bits per heavy atom. The highest BCUT2D eigenvalue weighted by molar-refractivity contribution is 6.17. The van der Waals surface area contributed by atoms with Gasteiger partial charge < -0.3 is 20.5 Å². The number of likely N-dealkylation sites (tertiary alicyclic amines) is 1. The molecule has 1 fully saturated rings. The zero-order chi connectivity index (χ0) is 32.3. The van der Waals surface area contributed by atoms with Crippen LogP contribution in [0.1, 0.15) is 67.9 Å². The summed E-state index contributed by atoms with van der Waals surface area (Å²) in [6.45, 7) is 5.65. The van der Waals surface area contributed by atoms with Gasteiger partial charge in [0, 0.05) is 38.7 Å². The Labute approximate surface area is 270 Å². The lowest BCUT2D eigenvalue weighted by molar-refractivity contribution is -0.122. The van der Waals surface area contributed by atoms with Crippen LogP contribution in [0.25, 0.3) is 0 Å². The summed E-state index contributed by atoms with van der Waals surface area (Å²) in [7, 11) is 0. The van der Waals surface area contributed by atoms with Gasteiger partial charge in [-0.2, -0.15) is 0 Å². The molecule has 0 radical (unpaired) electrons. The number of hydrogen-bond acceptors (Lipinski definition) is 6. The first-order valence-electron chi connectivity index (χ1n) is 16.5.